The van der Waals surface area contributed by atoms with Gasteiger partial charge in [-0.1, -0.05) is 6.07 Å². The third-order valence-electron chi connectivity index (χ3n) is 0.483. The number of hydrogen-bond donors (Lipinski definition) is 0. The molecule has 0 unspecified atom stereocenters. The van der Waals surface area contributed by atoms with Gasteiger partial charge in [-0.3, -0.25) is 0 Å². The summed E-state index contributed by atoms with van der Waals surface area (Å²) < 4.78 is 3.88. The zero-order chi connectivity index (χ0) is 4.24. The number of hydrogen-bond acceptors (Lipinski definition) is 1. The molecule has 1 nitrogen and oxygen atoms in total. The summed E-state index contributed by atoms with van der Waals surface area (Å²) in [6, 6.07) is 3.89. The van der Waals surface area contributed by atoms with Crippen LogP contribution in [0.25, 0.3) is 0 Å². The Labute approximate surface area is 38.2 Å². The summed E-state index contributed by atoms with van der Waals surface area (Å²) >= 11 is 0. The second kappa shape index (κ2) is 1.89. The molecule has 1 rings (SSSR count). The van der Waals surface area contributed by atoms with Gasteiger partial charge in [-0.2, -0.15) is 0 Å². The van der Waals surface area contributed by atoms with Crippen molar-refractivity contribution in [1.82, 2.24) is 4.75 Å². The zero-order valence-corrected chi connectivity index (χ0v) is 4.10. The van der Waals surface area contributed by atoms with E-state index < -0.39 is 0 Å². The lowest BCUT2D eigenvalue weighted by molar-refractivity contribution is 1.54. The van der Waals surface area contributed by atoms with E-state index in [2.05, 4.69) is 4.75 Å². The van der Waals surface area contributed by atoms with Crippen LogP contribution in [0, 0.1) is 0 Å². The molecular formula is C4H4NP. The van der Waals surface area contributed by atoms with E-state index >= 15 is 0 Å². The van der Waals surface area contributed by atoms with Gasteiger partial charge in [0.1, 0.15) is 0 Å². The molecular weight excluding hydrogens is 93.0 g/mol. The van der Waals surface area contributed by atoms with Gasteiger partial charge in [0.05, 0.1) is 0 Å². The predicted octanol–water partition coefficient (Wildman–Crippen LogP) is 1.66. The summed E-state index contributed by atoms with van der Waals surface area (Å²) in [6.45, 7) is 0. The minimum absolute atomic E-state index is 1.06. The summed E-state index contributed by atoms with van der Waals surface area (Å²) in [5.74, 6) is 1.99. The van der Waals surface area contributed by atoms with E-state index in [1.165, 1.54) is 0 Å². The van der Waals surface area contributed by atoms with E-state index in [1.807, 2.05) is 17.9 Å². The normalized spacial score (nSPS) is 9.33. The first-order valence-corrected chi connectivity index (χ1v) is 2.63. The van der Waals surface area contributed by atoms with Crippen molar-refractivity contribution in [2.24, 2.45) is 0 Å². The molecule has 0 fully saturated rings. The van der Waals surface area contributed by atoms with Gasteiger partial charge in [0.15, 0.2) is 0 Å². The van der Waals surface area contributed by atoms with Crippen molar-refractivity contribution in [2.45, 2.75) is 0 Å². The molecule has 0 radical (unpaired) electrons. The molecule has 0 saturated heterocycles. The van der Waals surface area contributed by atoms with Crippen LogP contribution in [0.5, 0.6) is 0 Å². The number of aromatic nitrogens is 1. The van der Waals surface area contributed by atoms with Crippen LogP contribution in [-0.4, -0.2) is 4.75 Å². The first kappa shape index (κ1) is 3.76. The van der Waals surface area contributed by atoms with Crippen LogP contribution < -0.4 is 0 Å². The van der Waals surface area contributed by atoms with E-state index in [9.17, 15) is 0 Å². The first-order valence-electron chi connectivity index (χ1n) is 1.72. The summed E-state index contributed by atoms with van der Waals surface area (Å²) in [4.78, 5) is 0. The Kier molecular flexibility index (Phi) is 1.18. The molecule has 0 amide bonds. The molecule has 2 heteroatoms. The summed E-state index contributed by atoms with van der Waals surface area (Å²) in [5.41, 5.74) is 0. The summed E-state index contributed by atoms with van der Waals surface area (Å²) in [7, 11) is 1.06. The second-order valence-corrected chi connectivity index (χ2v) is 1.67. The summed E-state index contributed by atoms with van der Waals surface area (Å²) in [5, 5.41) is 0. The smallest absolute Gasteiger partial charge is 0.0372 e. The van der Waals surface area contributed by atoms with Crippen LogP contribution in [0.3, 0.4) is 0 Å². The van der Waals surface area contributed by atoms with Crippen LogP contribution in [0.15, 0.2) is 24.1 Å². The van der Waals surface area contributed by atoms with Crippen molar-refractivity contribution in [3.05, 3.63) is 24.1 Å². The monoisotopic (exact) mass is 97.0 g/mol. The minimum atomic E-state index is 1.06. The molecule has 6 heavy (non-hydrogen) atoms. The highest BCUT2D eigenvalue weighted by molar-refractivity contribution is 7.24. The predicted molar refractivity (Wildman–Crippen MR) is 26.7 cm³/mol. The average molecular weight is 97.1 g/mol. The fourth-order valence-corrected chi connectivity index (χ4v) is 0.661. The molecule has 0 aliphatic rings. The fraction of sp³-hybridized carbons (Fsp3) is 0. The van der Waals surface area contributed by atoms with Crippen molar-refractivity contribution in [3.63, 3.8) is 0 Å². The highest BCUT2D eigenvalue weighted by Crippen LogP contribution is 1.91. The highest BCUT2D eigenvalue weighted by atomic mass is 31.0. The van der Waals surface area contributed by atoms with Crippen molar-refractivity contribution in [2.75, 3.05) is 0 Å². The van der Waals surface area contributed by atoms with Crippen LogP contribution in [-0.2, 0) is 0 Å². The molecule has 1 aromatic rings. The Bertz CT molecular complexity index is 79.5. The molecule has 0 spiro atoms. The lowest BCUT2D eigenvalue weighted by Crippen LogP contribution is -1.49. The Morgan fingerprint density at radius 1 is 1.33 bits per heavy atom. The maximum absolute atomic E-state index is 3.88. The first-order chi connectivity index (χ1) is 3.00. The standard InChI is InChI=1S/C4H4NP/c1-2-4-6-5-3-1/h1-4H. The van der Waals surface area contributed by atoms with E-state index in [0.29, 0.717) is 0 Å². The van der Waals surface area contributed by atoms with Gasteiger partial charge in [0, 0.05) is 14.5 Å². The van der Waals surface area contributed by atoms with Gasteiger partial charge in [0.25, 0.3) is 0 Å². The number of nitrogens with zero attached hydrogens (tertiary/aromatic N) is 1. The van der Waals surface area contributed by atoms with Gasteiger partial charge in [-0.05, 0) is 11.9 Å². The average Bonchev–Trinajstić information content (AvgIpc) is 1.72. The molecule has 1 heterocycles. The molecule has 0 N–H and O–H groups in total. The van der Waals surface area contributed by atoms with Crippen molar-refractivity contribution in [1.29, 1.82) is 0 Å². The Hall–Kier alpha value is -0.420. The van der Waals surface area contributed by atoms with Gasteiger partial charge in [-0.25, -0.2) is 4.75 Å². The summed E-state index contributed by atoms with van der Waals surface area (Å²) in [6.07, 6.45) is 1.79. The molecule has 0 saturated carbocycles. The maximum Gasteiger partial charge on any atom is 0.0372 e. The van der Waals surface area contributed by atoms with E-state index in [0.717, 1.165) is 8.35 Å². The third kappa shape index (κ3) is 0.765. The van der Waals surface area contributed by atoms with Crippen molar-refractivity contribution < 1.29 is 0 Å². The maximum atomic E-state index is 3.88. The largest absolute Gasteiger partial charge is 0.236 e. The van der Waals surface area contributed by atoms with Crippen molar-refractivity contribution in [3.8, 4) is 0 Å². The Balaban J connectivity index is 3.00. The molecule has 0 bridgehead atoms. The SMILES string of the molecule is c1ccpnc1. The van der Waals surface area contributed by atoms with E-state index in [-0.39, 0.29) is 0 Å². The van der Waals surface area contributed by atoms with E-state index in [4.69, 9.17) is 0 Å². The van der Waals surface area contributed by atoms with Gasteiger partial charge >= 0.3 is 0 Å². The quantitative estimate of drug-likeness (QED) is 0.479. The molecule has 0 aliphatic heterocycles. The molecule has 1 aromatic heterocycles. The molecule has 0 aromatic carbocycles. The van der Waals surface area contributed by atoms with Crippen LogP contribution in [0.2, 0.25) is 0 Å². The van der Waals surface area contributed by atoms with E-state index in [1.54, 1.807) is 6.20 Å². The van der Waals surface area contributed by atoms with Crippen molar-refractivity contribution >= 4 is 8.35 Å². The van der Waals surface area contributed by atoms with Gasteiger partial charge < -0.3 is 0 Å². The Morgan fingerprint density at radius 3 is 2.50 bits per heavy atom. The number of rotatable bonds is 0. The van der Waals surface area contributed by atoms with Gasteiger partial charge in [-0.15, -0.1) is 0 Å². The third-order valence-corrected chi connectivity index (χ3v) is 1.06. The van der Waals surface area contributed by atoms with Crippen LogP contribution >= 0.6 is 8.35 Å². The lowest BCUT2D eigenvalue weighted by Gasteiger charge is -1.68. The van der Waals surface area contributed by atoms with Crippen LogP contribution in [0.1, 0.15) is 0 Å². The molecule has 0 aliphatic carbocycles. The Morgan fingerprint density at radius 2 is 2.33 bits per heavy atom. The van der Waals surface area contributed by atoms with Crippen LogP contribution in [0.4, 0.5) is 0 Å². The molecule has 0 atom stereocenters. The zero-order valence-electron chi connectivity index (χ0n) is 3.20. The highest BCUT2D eigenvalue weighted by Gasteiger charge is 1.59. The molecule has 30 valence electrons. The minimum Gasteiger partial charge on any atom is -0.236 e. The lowest BCUT2D eigenvalue weighted by atomic mass is 10.7. The fourth-order valence-electron chi connectivity index (χ4n) is 0.253. The topological polar surface area (TPSA) is 12.9 Å². The second-order valence-electron chi connectivity index (χ2n) is 0.914. The van der Waals surface area contributed by atoms with Gasteiger partial charge in [0.2, 0.25) is 0 Å².